The maximum absolute atomic E-state index is 2.44. The Morgan fingerprint density at radius 2 is 0.532 bits per heavy atom. The highest BCUT2D eigenvalue weighted by atomic mass is 15.1. The molecular weight excluding hydrogens is 1130 g/mol. The highest BCUT2D eigenvalue weighted by Gasteiger charge is 2.38. The summed E-state index contributed by atoms with van der Waals surface area (Å²) >= 11 is 0. The van der Waals surface area contributed by atoms with Crippen LogP contribution >= 0.6 is 0 Å². The average molecular weight is 1200 g/mol. The van der Waals surface area contributed by atoms with Gasteiger partial charge in [0.05, 0.1) is 11.4 Å². The number of fused-ring (bicyclic) bond motifs is 10. The smallest absolute Gasteiger partial charge is 0.0540 e. The fourth-order valence-corrected chi connectivity index (χ4v) is 15.1. The van der Waals surface area contributed by atoms with Crippen LogP contribution in [0.15, 0.2) is 315 Å². The summed E-state index contributed by atoms with van der Waals surface area (Å²) in [7, 11) is 0. The Hall–Kier alpha value is -11.6. The molecule has 0 atom stereocenters. The molecule has 0 fully saturated rings. The molecule has 0 aromatic heterocycles. The van der Waals surface area contributed by atoms with Gasteiger partial charge in [0.1, 0.15) is 0 Å². The van der Waals surface area contributed by atoms with E-state index < -0.39 is 0 Å². The third kappa shape index (κ3) is 9.89. The lowest BCUT2D eigenvalue weighted by Gasteiger charge is -2.29. The molecule has 2 aliphatic carbocycles. The van der Waals surface area contributed by atoms with Crippen LogP contribution in [0.1, 0.15) is 72.2 Å². The topological polar surface area (TPSA) is 6.48 Å². The number of anilines is 6. The molecule has 0 heterocycles. The van der Waals surface area contributed by atoms with Gasteiger partial charge in [-0.3, -0.25) is 0 Å². The summed E-state index contributed by atoms with van der Waals surface area (Å²) in [5.74, 6) is 0. The molecule has 0 saturated carbocycles. The van der Waals surface area contributed by atoms with Crippen molar-refractivity contribution < 1.29 is 0 Å². The predicted molar refractivity (Wildman–Crippen MR) is 403 cm³/mol. The zero-order chi connectivity index (χ0) is 63.1. The standard InChI is InChI=1S/C92H68N2/c1-91(2)85-55-63(35-51-81(85)83-53-49-77(59-87(83)91)93(89-25-13-21-69-17-9-11-23-79(69)89)75-45-41-67(42-46-75)73-39-37-65-15-5-7-19-71(65)57-73)33-31-61-27-29-62(30-28-61)32-34-64-36-52-82-84-54-50-78(60-88(84)92(3,4)86(82)56-64)94(90-26-14-22-70-18-10-12-24-80(70)90)76-47-43-68(44-48-76)74-40-38-66-16-6-8-20-72(66)58-74/h5-60H,1-4H3/b33-31+,34-32+. The van der Waals surface area contributed by atoms with Crippen LogP contribution in [0.25, 0.3) is 112 Å². The van der Waals surface area contributed by atoms with Crippen LogP contribution in [0, 0.1) is 0 Å². The van der Waals surface area contributed by atoms with Gasteiger partial charge in [0.25, 0.3) is 0 Å². The van der Waals surface area contributed by atoms with Crippen molar-refractivity contribution in [3.8, 4) is 44.5 Å². The van der Waals surface area contributed by atoms with Crippen molar-refractivity contribution in [1.29, 1.82) is 0 Å². The molecule has 0 saturated heterocycles. The second-order valence-electron chi connectivity index (χ2n) is 26.5. The summed E-state index contributed by atoms with van der Waals surface area (Å²) in [6, 6.07) is 117. The largest absolute Gasteiger partial charge is 0.310 e. The second kappa shape index (κ2) is 22.7. The number of rotatable bonds is 12. The Kier molecular flexibility index (Phi) is 13.6. The van der Waals surface area contributed by atoms with E-state index in [0.29, 0.717) is 0 Å². The van der Waals surface area contributed by atoms with Crippen LogP contribution in [0.2, 0.25) is 0 Å². The van der Waals surface area contributed by atoms with Crippen molar-refractivity contribution in [2.45, 2.75) is 38.5 Å². The van der Waals surface area contributed by atoms with Gasteiger partial charge in [-0.1, -0.05) is 295 Å². The summed E-state index contributed by atoms with van der Waals surface area (Å²) in [5, 5.41) is 9.87. The van der Waals surface area contributed by atoms with Crippen molar-refractivity contribution in [1.82, 2.24) is 0 Å². The highest BCUT2D eigenvalue weighted by Crippen LogP contribution is 2.54. The first-order valence-electron chi connectivity index (χ1n) is 32.9. The van der Waals surface area contributed by atoms with Crippen LogP contribution in [-0.4, -0.2) is 0 Å². The van der Waals surface area contributed by atoms with Gasteiger partial charge in [-0.2, -0.15) is 0 Å². The SMILES string of the molecule is CC1(C)c2cc(/C=C/c3ccc(/C=C/c4ccc5c(c4)C(C)(C)c4cc(N(c6ccc(-c7ccc8ccccc8c7)cc6)c6cccc7ccccc67)ccc4-5)cc3)ccc2-c2ccc(N(c3ccc(-c4ccc5ccccc5c4)cc3)c3cccc4ccccc34)cc21. The predicted octanol–water partition coefficient (Wildman–Crippen LogP) is 25.5. The molecule has 0 spiro atoms. The Morgan fingerprint density at radius 1 is 0.223 bits per heavy atom. The summed E-state index contributed by atoms with van der Waals surface area (Å²) in [6.07, 6.45) is 9.01. The first-order chi connectivity index (χ1) is 46.1. The van der Waals surface area contributed by atoms with E-state index in [-0.39, 0.29) is 10.8 Å². The average Bonchev–Trinajstić information content (AvgIpc) is 1.57. The van der Waals surface area contributed by atoms with Crippen molar-refractivity contribution in [2.75, 3.05) is 9.80 Å². The molecule has 2 aliphatic rings. The van der Waals surface area contributed by atoms with E-state index >= 15 is 0 Å². The summed E-state index contributed by atoms with van der Waals surface area (Å²) in [4.78, 5) is 4.89. The Morgan fingerprint density at radius 3 is 0.947 bits per heavy atom. The molecule has 2 nitrogen and oxygen atoms in total. The minimum Gasteiger partial charge on any atom is -0.310 e. The van der Waals surface area contributed by atoms with E-state index in [1.807, 2.05) is 0 Å². The van der Waals surface area contributed by atoms with Gasteiger partial charge in [-0.05, 0) is 194 Å². The molecular formula is C92H68N2. The molecule has 0 unspecified atom stereocenters. The van der Waals surface area contributed by atoms with E-state index in [4.69, 9.17) is 0 Å². The first kappa shape index (κ1) is 56.4. The van der Waals surface area contributed by atoms with Crippen molar-refractivity contribution in [3.05, 3.63) is 360 Å². The lowest BCUT2D eigenvalue weighted by Crippen LogP contribution is -2.17. The van der Waals surface area contributed by atoms with Crippen molar-refractivity contribution in [2.24, 2.45) is 0 Å². The van der Waals surface area contributed by atoms with Crippen molar-refractivity contribution in [3.63, 3.8) is 0 Å². The van der Waals surface area contributed by atoms with Gasteiger partial charge in [0, 0.05) is 44.4 Å². The zero-order valence-electron chi connectivity index (χ0n) is 53.2. The highest BCUT2D eigenvalue weighted by molar-refractivity contribution is 6.02. The molecule has 0 N–H and O–H groups in total. The Balaban J connectivity index is 0.607. The molecule has 0 radical (unpaired) electrons. The minimum atomic E-state index is -0.222. The molecule has 2 heteroatoms. The zero-order valence-corrected chi connectivity index (χ0v) is 53.2. The molecule has 0 amide bonds. The molecule has 94 heavy (non-hydrogen) atoms. The molecule has 17 rings (SSSR count). The van der Waals surface area contributed by atoms with Gasteiger partial charge in [0.15, 0.2) is 0 Å². The van der Waals surface area contributed by atoms with E-state index in [2.05, 4.69) is 377 Å². The Labute approximate surface area is 551 Å². The normalized spacial score (nSPS) is 13.4. The first-order valence-corrected chi connectivity index (χ1v) is 32.9. The lowest BCUT2D eigenvalue weighted by atomic mass is 9.81. The van der Waals surface area contributed by atoms with E-state index in [0.717, 1.165) is 45.3 Å². The Bertz CT molecular complexity index is 5190. The quantitative estimate of drug-likeness (QED) is 0.113. The monoisotopic (exact) mass is 1200 g/mol. The number of hydrogen-bond donors (Lipinski definition) is 0. The lowest BCUT2D eigenvalue weighted by molar-refractivity contribution is 0.660. The van der Waals surface area contributed by atoms with Gasteiger partial charge in [-0.25, -0.2) is 0 Å². The third-order valence-electron chi connectivity index (χ3n) is 20.2. The van der Waals surface area contributed by atoms with Gasteiger partial charge in [0.2, 0.25) is 0 Å². The molecule has 15 aromatic rings. The van der Waals surface area contributed by atoms with Crippen LogP contribution < -0.4 is 9.80 Å². The van der Waals surface area contributed by atoms with Crippen LogP contribution in [0.4, 0.5) is 34.1 Å². The summed E-state index contributed by atoms with van der Waals surface area (Å²) in [6.45, 7) is 9.54. The van der Waals surface area contributed by atoms with Crippen molar-refractivity contribution >= 4 is 102 Å². The van der Waals surface area contributed by atoms with Gasteiger partial charge < -0.3 is 9.80 Å². The number of nitrogens with zero attached hydrogens (tertiary/aromatic N) is 2. The molecule has 15 aromatic carbocycles. The van der Waals surface area contributed by atoms with Crippen LogP contribution in [0.5, 0.6) is 0 Å². The van der Waals surface area contributed by atoms with E-state index in [1.165, 1.54) is 121 Å². The molecule has 0 bridgehead atoms. The summed E-state index contributed by atoms with van der Waals surface area (Å²) in [5.41, 5.74) is 26.5. The number of hydrogen-bond acceptors (Lipinski definition) is 2. The fourth-order valence-electron chi connectivity index (χ4n) is 15.1. The van der Waals surface area contributed by atoms with E-state index in [1.54, 1.807) is 0 Å². The molecule has 0 aliphatic heterocycles. The fraction of sp³-hybridized carbons (Fsp3) is 0.0652. The summed E-state index contributed by atoms with van der Waals surface area (Å²) < 4.78 is 0. The van der Waals surface area contributed by atoms with Gasteiger partial charge >= 0.3 is 0 Å². The number of benzene rings is 15. The van der Waals surface area contributed by atoms with E-state index in [9.17, 15) is 0 Å². The molecule has 446 valence electrons. The van der Waals surface area contributed by atoms with Gasteiger partial charge in [-0.15, -0.1) is 0 Å². The van der Waals surface area contributed by atoms with Crippen LogP contribution in [0.3, 0.4) is 0 Å². The minimum absolute atomic E-state index is 0.222. The maximum atomic E-state index is 2.44. The third-order valence-corrected chi connectivity index (χ3v) is 20.2. The van der Waals surface area contributed by atoms with Crippen LogP contribution in [-0.2, 0) is 10.8 Å². The maximum Gasteiger partial charge on any atom is 0.0540 e. The second-order valence-corrected chi connectivity index (χ2v) is 26.5.